The van der Waals surface area contributed by atoms with E-state index in [0.29, 0.717) is 6.07 Å². The van der Waals surface area contributed by atoms with E-state index >= 15 is 0 Å². The van der Waals surface area contributed by atoms with Crippen LogP contribution in [0.4, 0.5) is 18.9 Å². The topological polar surface area (TPSA) is 50.7 Å². The number of rotatable bonds is 5. The van der Waals surface area contributed by atoms with Crippen molar-refractivity contribution < 1.29 is 22.8 Å². The number of anilines is 1. The van der Waals surface area contributed by atoms with Gasteiger partial charge in [0.15, 0.2) is 17.5 Å². The van der Waals surface area contributed by atoms with E-state index in [-0.39, 0.29) is 0 Å². The van der Waals surface area contributed by atoms with Crippen molar-refractivity contribution in [1.82, 2.24) is 0 Å². The van der Waals surface area contributed by atoms with Crippen LogP contribution in [0.15, 0.2) is 46.0 Å². The average molecular weight is 401 g/mol. The smallest absolute Gasteiger partial charge is 0.268 e. The average Bonchev–Trinajstić information content (AvgIpc) is 2.57. The summed E-state index contributed by atoms with van der Waals surface area (Å²) < 4.78 is 40.3. The van der Waals surface area contributed by atoms with Crippen molar-refractivity contribution in [3.63, 3.8) is 0 Å². The van der Waals surface area contributed by atoms with E-state index in [1.165, 1.54) is 13.1 Å². The van der Waals surface area contributed by atoms with E-state index in [1.54, 1.807) is 12.1 Å². The molecule has 0 aliphatic carbocycles. The zero-order valence-corrected chi connectivity index (χ0v) is 14.0. The first-order valence-electron chi connectivity index (χ1n) is 6.77. The molecule has 4 nitrogen and oxygen atoms in total. The second-order valence-electron chi connectivity index (χ2n) is 4.75. The molecule has 24 heavy (non-hydrogen) atoms. The summed E-state index contributed by atoms with van der Waals surface area (Å²) in [6.45, 7) is 1.38. The van der Waals surface area contributed by atoms with Crippen LogP contribution >= 0.6 is 15.9 Å². The first-order valence-corrected chi connectivity index (χ1v) is 7.57. The number of benzene rings is 2. The van der Waals surface area contributed by atoms with Crippen LogP contribution in [-0.4, -0.2) is 18.2 Å². The highest BCUT2D eigenvalue weighted by atomic mass is 79.9. The maximum Gasteiger partial charge on any atom is 0.268 e. The van der Waals surface area contributed by atoms with Gasteiger partial charge in [0, 0.05) is 4.47 Å². The number of carbonyl (C=O) groups excluding carboxylic acids is 1. The van der Waals surface area contributed by atoms with E-state index in [4.69, 9.17) is 4.84 Å². The number of hydrogen-bond donors (Lipinski definition) is 1. The molecule has 0 saturated carbocycles. The van der Waals surface area contributed by atoms with Crippen LogP contribution in [0.25, 0.3) is 0 Å². The van der Waals surface area contributed by atoms with Crippen molar-refractivity contribution >= 4 is 33.7 Å². The largest absolute Gasteiger partial charge is 0.383 e. The lowest BCUT2D eigenvalue weighted by atomic mass is 10.2. The highest BCUT2D eigenvalue weighted by Gasteiger charge is 2.19. The van der Waals surface area contributed by atoms with Gasteiger partial charge < -0.3 is 10.2 Å². The zero-order chi connectivity index (χ0) is 17.7. The highest BCUT2D eigenvalue weighted by Crippen LogP contribution is 2.20. The van der Waals surface area contributed by atoms with Crippen molar-refractivity contribution in [2.24, 2.45) is 5.16 Å². The summed E-state index contributed by atoms with van der Waals surface area (Å²) >= 11 is 3.29. The van der Waals surface area contributed by atoms with Crippen LogP contribution in [0.1, 0.15) is 12.5 Å². The number of oxime groups is 1. The number of hydrogen-bond acceptors (Lipinski definition) is 3. The molecule has 2 aromatic rings. The molecule has 0 aromatic heterocycles. The van der Waals surface area contributed by atoms with E-state index < -0.39 is 35.2 Å². The third-order valence-electron chi connectivity index (χ3n) is 2.95. The highest BCUT2D eigenvalue weighted by molar-refractivity contribution is 9.10. The summed E-state index contributed by atoms with van der Waals surface area (Å²) in [6, 6.07) is 8.80. The third kappa shape index (κ3) is 4.58. The maximum absolute atomic E-state index is 13.5. The lowest BCUT2D eigenvalue weighted by Gasteiger charge is -2.11. The molecule has 0 spiro atoms. The minimum Gasteiger partial charge on any atom is -0.383 e. The Labute approximate surface area is 144 Å². The van der Waals surface area contributed by atoms with E-state index in [9.17, 15) is 18.0 Å². The van der Waals surface area contributed by atoms with Gasteiger partial charge in [-0.05, 0) is 36.8 Å². The normalized spacial score (nSPS) is 12.2. The summed E-state index contributed by atoms with van der Waals surface area (Å²) in [7, 11) is 0. The Balaban J connectivity index is 1.95. The number of halogens is 4. The van der Waals surface area contributed by atoms with E-state index in [2.05, 4.69) is 26.4 Å². The molecule has 0 unspecified atom stereocenters. The van der Waals surface area contributed by atoms with Crippen molar-refractivity contribution in [2.45, 2.75) is 13.0 Å². The predicted molar refractivity (Wildman–Crippen MR) is 87.2 cm³/mol. The van der Waals surface area contributed by atoms with Gasteiger partial charge in [-0.1, -0.05) is 33.2 Å². The van der Waals surface area contributed by atoms with Gasteiger partial charge in [-0.15, -0.1) is 0 Å². The Bertz CT molecular complexity index is 767. The van der Waals surface area contributed by atoms with Gasteiger partial charge in [-0.2, -0.15) is 0 Å². The van der Waals surface area contributed by atoms with Gasteiger partial charge in [0.25, 0.3) is 5.91 Å². The molecule has 1 amide bonds. The van der Waals surface area contributed by atoms with Gasteiger partial charge >= 0.3 is 0 Å². The molecule has 0 aliphatic heterocycles. The van der Waals surface area contributed by atoms with Crippen molar-refractivity contribution in [3.05, 3.63) is 63.9 Å². The number of amides is 1. The maximum atomic E-state index is 13.5. The third-order valence-corrected chi connectivity index (χ3v) is 3.48. The minimum atomic E-state index is -1.66. The van der Waals surface area contributed by atoms with Crippen LogP contribution < -0.4 is 5.32 Å². The minimum absolute atomic E-state index is 0.480. The molecule has 0 aliphatic rings. The molecule has 0 saturated heterocycles. The van der Waals surface area contributed by atoms with Gasteiger partial charge in [0.2, 0.25) is 6.10 Å². The van der Waals surface area contributed by atoms with Crippen molar-refractivity contribution in [3.8, 4) is 0 Å². The monoisotopic (exact) mass is 400 g/mol. The quantitative estimate of drug-likeness (QED) is 0.463. The van der Waals surface area contributed by atoms with Gasteiger partial charge in [0.1, 0.15) is 0 Å². The lowest BCUT2D eigenvalue weighted by Crippen LogP contribution is -2.27. The van der Waals surface area contributed by atoms with Gasteiger partial charge in [0.05, 0.1) is 11.9 Å². The Morgan fingerprint density at radius 1 is 1.17 bits per heavy atom. The zero-order valence-electron chi connectivity index (χ0n) is 12.4. The molecule has 8 heteroatoms. The molecule has 0 fully saturated rings. The summed E-state index contributed by atoms with van der Waals surface area (Å²) in [6.07, 6.45) is 0.332. The fourth-order valence-electron chi connectivity index (χ4n) is 1.64. The number of nitrogens with zero attached hydrogens (tertiary/aromatic N) is 1. The predicted octanol–water partition coefficient (Wildman–Crippen LogP) is 4.24. The van der Waals surface area contributed by atoms with Gasteiger partial charge in [-0.25, -0.2) is 13.2 Å². The molecule has 0 bridgehead atoms. The Kier molecular flexibility index (Phi) is 5.97. The summed E-state index contributed by atoms with van der Waals surface area (Å²) in [5.74, 6) is -5.23. The summed E-state index contributed by atoms with van der Waals surface area (Å²) in [5.41, 5.74) is 0.267. The molecule has 2 rings (SSSR count). The number of nitrogens with one attached hydrogen (secondary N) is 1. The van der Waals surface area contributed by atoms with Crippen LogP contribution in [0, 0.1) is 17.5 Å². The first kappa shape index (κ1) is 18.0. The van der Waals surface area contributed by atoms with E-state index in [0.717, 1.165) is 16.1 Å². The first-order chi connectivity index (χ1) is 11.4. The molecule has 1 atom stereocenters. The second kappa shape index (κ2) is 7.96. The molecule has 0 heterocycles. The summed E-state index contributed by atoms with van der Waals surface area (Å²) in [5, 5.41) is 5.77. The van der Waals surface area contributed by atoms with Crippen molar-refractivity contribution in [1.29, 1.82) is 0 Å². The Hall–Kier alpha value is -2.35. The molecular weight excluding hydrogens is 389 g/mol. The second-order valence-corrected chi connectivity index (χ2v) is 5.66. The molecule has 1 N–H and O–H groups in total. The molecule has 126 valence electrons. The van der Waals surface area contributed by atoms with E-state index in [1.807, 2.05) is 12.1 Å². The molecule has 0 radical (unpaired) electrons. The SMILES string of the molecule is C[C@H](O/N=C\c1ccc(Br)cc1)C(=O)Nc1ccc(F)c(F)c1F. The standard InChI is InChI=1S/C16H12BrF3N2O2/c1-9(24-21-8-10-2-4-11(17)5-3-10)16(23)22-13-7-6-12(18)14(19)15(13)20/h2-9H,1H3,(H,22,23)/b21-8-/t9-/m0/s1. The summed E-state index contributed by atoms with van der Waals surface area (Å²) in [4.78, 5) is 16.8. The Morgan fingerprint density at radius 2 is 1.83 bits per heavy atom. The molecule has 2 aromatic carbocycles. The van der Waals surface area contributed by atoms with Crippen LogP contribution in [0.2, 0.25) is 0 Å². The lowest BCUT2D eigenvalue weighted by molar-refractivity contribution is -0.126. The van der Waals surface area contributed by atoms with Gasteiger partial charge in [-0.3, -0.25) is 4.79 Å². The molecular formula is C16H12BrF3N2O2. The fraction of sp³-hybridized carbons (Fsp3) is 0.125. The van der Waals surface area contributed by atoms with Crippen LogP contribution in [-0.2, 0) is 9.63 Å². The fourth-order valence-corrected chi connectivity index (χ4v) is 1.90. The van der Waals surface area contributed by atoms with Crippen LogP contribution in [0.5, 0.6) is 0 Å². The van der Waals surface area contributed by atoms with Crippen molar-refractivity contribution in [2.75, 3.05) is 5.32 Å². The van der Waals surface area contributed by atoms with Crippen LogP contribution in [0.3, 0.4) is 0 Å². The number of carbonyl (C=O) groups is 1. The Morgan fingerprint density at radius 3 is 2.50 bits per heavy atom.